The molecule has 0 saturated carbocycles. The van der Waals surface area contributed by atoms with Crippen molar-refractivity contribution < 1.29 is 19.7 Å². The molecule has 0 aliphatic carbocycles. The zero-order valence-corrected chi connectivity index (χ0v) is 10.6. The van der Waals surface area contributed by atoms with Gasteiger partial charge < -0.3 is 19.7 Å². The molecule has 1 aromatic carbocycles. The summed E-state index contributed by atoms with van der Waals surface area (Å²) >= 11 is 0. The Balaban J connectivity index is 2.56. The van der Waals surface area contributed by atoms with Crippen molar-refractivity contribution in [2.45, 2.75) is 12.2 Å². The molecule has 0 saturated heterocycles. The first-order valence-corrected chi connectivity index (χ1v) is 5.77. The Kier molecular flexibility index (Phi) is 6.70. The first-order valence-electron chi connectivity index (χ1n) is 5.77. The van der Waals surface area contributed by atoms with E-state index in [1.54, 1.807) is 31.4 Å². The molecule has 0 bridgehead atoms. The molecule has 2 unspecified atom stereocenters. The molecule has 0 fully saturated rings. The van der Waals surface area contributed by atoms with Crippen LogP contribution in [-0.2, 0) is 4.74 Å². The highest BCUT2D eigenvalue weighted by Gasteiger charge is 2.17. The van der Waals surface area contributed by atoms with E-state index < -0.39 is 12.2 Å². The van der Waals surface area contributed by atoms with Crippen molar-refractivity contribution in [2.75, 3.05) is 26.9 Å². The van der Waals surface area contributed by atoms with E-state index in [4.69, 9.17) is 15.0 Å². The fraction of sp³-hybridized carbons (Fsp3) is 0.500. The maximum Gasteiger partial charge on any atom is 0.119 e. The van der Waals surface area contributed by atoms with Crippen LogP contribution < -0.4 is 4.74 Å². The molecule has 0 aliphatic rings. The van der Waals surface area contributed by atoms with Gasteiger partial charge in [-0.3, -0.25) is 0 Å². The molecule has 7 nitrogen and oxygen atoms in total. The summed E-state index contributed by atoms with van der Waals surface area (Å²) in [5.74, 6) is 0.650. The van der Waals surface area contributed by atoms with Crippen LogP contribution in [0.5, 0.6) is 5.75 Å². The van der Waals surface area contributed by atoms with Gasteiger partial charge in [0.15, 0.2) is 0 Å². The van der Waals surface area contributed by atoms with Gasteiger partial charge in [0.25, 0.3) is 0 Å². The Morgan fingerprint density at radius 2 is 1.95 bits per heavy atom. The fourth-order valence-electron chi connectivity index (χ4n) is 1.45. The van der Waals surface area contributed by atoms with E-state index in [2.05, 4.69) is 10.0 Å². The lowest BCUT2D eigenvalue weighted by Crippen LogP contribution is -2.21. The molecule has 0 heterocycles. The normalized spacial score (nSPS) is 13.4. The van der Waals surface area contributed by atoms with Crippen LogP contribution in [0.2, 0.25) is 0 Å². The minimum atomic E-state index is -1.13. The van der Waals surface area contributed by atoms with Gasteiger partial charge in [0.05, 0.1) is 19.3 Å². The summed E-state index contributed by atoms with van der Waals surface area (Å²) in [6, 6.07) is 6.67. The Hall–Kier alpha value is -1.79. The molecule has 19 heavy (non-hydrogen) atoms. The van der Waals surface area contributed by atoms with Gasteiger partial charge >= 0.3 is 0 Å². The number of aliphatic hydroxyl groups is 2. The smallest absolute Gasteiger partial charge is 0.119 e. The molecule has 1 aromatic rings. The van der Waals surface area contributed by atoms with Crippen LogP contribution in [0.4, 0.5) is 0 Å². The third kappa shape index (κ3) is 5.15. The number of aliphatic hydroxyl groups excluding tert-OH is 2. The van der Waals surface area contributed by atoms with E-state index in [1.807, 2.05) is 0 Å². The van der Waals surface area contributed by atoms with Crippen LogP contribution in [0.15, 0.2) is 29.4 Å². The Morgan fingerprint density at radius 3 is 2.53 bits per heavy atom. The van der Waals surface area contributed by atoms with Crippen molar-refractivity contribution in [1.29, 1.82) is 0 Å². The van der Waals surface area contributed by atoms with Crippen molar-refractivity contribution >= 4 is 0 Å². The fourth-order valence-corrected chi connectivity index (χ4v) is 1.45. The number of benzene rings is 1. The van der Waals surface area contributed by atoms with Gasteiger partial charge in [0.1, 0.15) is 18.5 Å². The first-order chi connectivity index (χ1) is 9.19. The molecule has 0 aromatic heterocycles. The summed E-state index contributed by atoms with van der Waals surface area (Å²) in [5.41, 5.74) is 8.67. The van der Waals surface area contributed by atoms with E-state index in [-0.39, 0.29) is 6.54 Å². The van der Waals surface area contributed by atoms with Crippen LogP contribution >= 0.6 is 0 Å². The number of hydrogen-bond donors (Lipinski definition) is 2. The van der Waals surface area contributed by atoms with Gasteiger partial charge in [0.2, 0.25) is 0 Å². The van der Waals surface area contributed by atoms with Gasteiger partial charge in [-0.05, 0) is 23.2 Å². The molecule has 0 amide bonds. The lowest BCUT2D eigenvalue weighted by molar-refractivity contribution is 0.0244. The van der Waals surface area contributed by atoms with E-state index in [0.29, 0.717) is 24.5 Å². The van der Waals surface area contributed by atoms with E-state index in [1.165, 1.54) is 0 Å². The predicted molar refractivity (Wildman–Crippen MR) is 68.8 cm³/mol. The number of methoxy groups -OCH3 is 1. The molecule has 2 N–H and O–H groups in total. The number of rotatable bonds is 8. The lowest BCUT2D eigenvalue weighted by atomic mass is 10.0. The van der Waals surface area contributed by atoms with Crippen LogP contribution in [0.1, 0.15) is 11.7 Å². The minimum absolute atomic E-state index is 0.177. The molecule has 0 spiro atoms. The zero-order valence-electron chi connectivity index (χ0n) is 10.6. The second kappa shape index (κ2) is 8.34. The van der Waals surface area contributed by atoms with Gasteiger partial charge in [-0.25, -0.2) is 0 Å². The topological polar surface area (TPSA) is 108 Å². The monoisotopic (exact) mass is 267 g/mol. The minimum Gasteiger partial charge on any atom is -0.491 e. The highest BCUT2D eigenvalue weighted by Crippen LogP contribution is 2.20. The largest absolute Gasteiger partial charge is 0.491 e. The van der Waals surface area contributed by atoms with Crippen molar-refractivity contribution in [3.05, 3.63) is 40.3 Å². The average molecular weight is 267 g/mol. The summed E-state index contributed by atoms with van der Waals surface area (Å²) in [5, 5.41) is 22.6. The number of azide groups is 1. The van der Waals surface area contributed by atoms with E-state index >= 15 is 0 Å². The Bertz CT molecular complexity index is 417. The molecule has 0 aliphatic heterocycles. The van der Waals surface area contributed by atoms with Crippen molar-refractivity contribution in [3.8, 4) is 5.75 Å². The summed E-state index contributed by atoms with van der Waals surface area (Å²) in [7, 11) is 1.59. The standard InChI is InChI=1S/C12H17N3O4/c1-18-6-7-19-10-4-2-9(3-5-10)12(17)11(16)8-14-15-13/h2-5,11-12,16-17H,6-8H2,1H3. The third-order valence-electron chi connectivity index (χ3n) is 2.47. The van der Waals surface area contributed by atoms with Crippen LogP contribution in [0.25, 0.3) is 10.4 Å². The molecular formula is C12H17N3O4. The summed E-state index contributed by atoms with van der Waals surface area (Å²) < 4.78 is 10.2. The number of nitrogens with zero attached hydrogens (tertiary/aromatic N) is 3. The maximum atomic E-state index is 9.83. The predicted octanol–water partition coefficient (Wildman–Crippen LogP) is 1.42. The quantitative estimate of drug-likeness (QED) is 0.321. The van der Waals surface area contributed by atoms with Crippen LogP contribution in [0.3, 0.4) is 0 Å². The van der Waals surface area contributed by atoms with E-state index in [0.717, 1.165) is 0 Å². The lowest BCUT2D eigenvalue weighted by Gasteiger charge is -2.16. The number of hydrogen-bond acceptors (Lipinski definition) is 5. The van der Waals surface area contributed by atoms with E-state index in [9.17, 15) is 10.2 Å². The first kappa shape index (κ1) is 15.3. The average Bonchev–Trinajstić information content (AvgIpc) is 2.45. The SMILES string of the molecule is COCCOc1ccc(C(O)C(O)CN=[N+]=[N-])cc1. The highest BCUT2D eigenvalue weighted by molar-refractivity contribution is 5.29. The van der Waals surface area contributed by atoms with Gasteiger partial charge in [0, 0.05) is 12.0 Å². The Morgan fingerprint density at radius 1 is 1.26 bits per heavy atom. The molecule has 0 radical (unpaired) electrons. The van der Waals surface area contributed by atoms with Gasteiger partial charge in [-0.1, -0.05) is 17.2 Å². The summed E-state index contributed by atoms with van der Waals surface area (Å²) in [6.07, 6.45) is -2.23. The third-order valence-corrected chi connectivity index (χ3v) is 2.47. The zero-order chi connectivity index (χ0) is 14.1. The van der Waals surface area contributed by atoms with Gasteiger partial charge in [-0.2, -0.15) is 0 Å². The van der Waals surface area contributed by atoms with Gasteiger partial charge in [-0.15, -0.1) is 0 Å². The summed E-state index contributed by atoms with van der Waals surface area (Å²) in [6.45, 7) is 0.761. The molecule has 7 heteroatoms. The number of ether oxygens (including phenoxy) is 2. The molecule has 104 valence electrons. The highest BCUT2D eigenvalue weighted by atomic mass is 16.5. The van der Waals surface area contributed by atoms with Crippen molar-refractivity contribution in [1.82, 2.24) is 0 Å². The molecule has 2 atom stereocenters. The second-order valence-corrected chi connectivity index (χ2v) is 3.84. The van der Waals surface area contributed by atoms with Crippen molar-refractivity contribution in [3.63, 3.8) is 0 Å². The molecular weight excluding hydrogens is 250 g/mol. The Labute approximate surface area is 111 Å². The van der Waals surface area contributed by atoms with Crippen LogP contribution in [0, 0.1) is 0 Å². The summed E-state index contributed by atoms with van der Waals surface area (Å²) in [4.78, 5) is 2.53. The van der Waals surface area contributed by atoms with Crippen molar-refractivity contribution in [2.24, 2.45) is 5.11 Å². The van der Waals surface area contributed by atoms with Crippen LogP contribution in [-0.4, -0.2) is 43.2 Å². The molecule has 1 rings (SSSR count). The second-order valence-electron chi connectivity index (χ2n) is 3.84. The maximum absolute atomic E-state index is 9.83.